The Morgan fingerprint density at radius 3 is 2.59 bits per heavy atom. The van der Waals surface area contributed by atoms with Gasteiger partial charge in [-0.05, 0) is 56.9 Å². The zero-order chi connectivity index (χ0) is 23.3. The highest BCUT2D eigenvalue weighted by atomic mass is 35.5. The van der Waals surface area contributed by atoms with Gasteiger partial charge in [0.15, 0.2) is 0 Å². The number of amides is 2. The van der Waals surface area contributed by atoms with Crippen molar-refractivity contribution in [3.8, 4) is 5.75 Å². The number of nitrogens with zero attached hydrogens (tertiary/aromatic N) is 1. The van der Waals surface area contributed by atoms with E-state index < -0.39 is 18.1 Å². The first-order valence-electron chi connectivity index (χ1n) is 10.5. The second-order valence-corrected chi connectivity index (χ2v) is 9.01. The molecule has 1 heterocycles. The van der Waals surface area contributed by atoms with E-state index in [1.165, 1.54) is 23.1 Å². The molecular formula is C24H27ClF2N2O3. The predicted molar refractivity (Wildman–Crippen MR) is 119 cm³/mol. The maximum absolute atomic E-state index is 13.0. The fourth-order valence-corrected chi connectivity index (χ4v) is 4.19. The van der Waals surface area contributed by atoms with E-state index in [0.29, 0.717) is 30.8 Å². The number of carbonyl (C=O) groups is 2. The Labute approximate surface area is 191 Å². The van der Waals surface area contributed by atoms with Gasteiger partial charge >= 0.3 is 6.61 Å². The van der Waals surface area contributed by atoms with E-state index in [4.69, 9.17) is 11.6 Å². The number of rotatable bonds is 7. The average Bonchev–Trinajstić information content (AvgIpc) is 2.74. The molecule has 1 unspecified atom stereocenters. The molecule has 2 aromatic carbocycles. The molecule has 0 aliphatic carbocycles. The monoisotopic (exact) mass is 464 g/mol. The lowest BCUT2D eigenvalue weighted by molar-refractivity contribution is -0.127. The van der Waals surface area contributed by atoms with Crippen LogP contribution in [0.4, 0.5) is 8.78 Å². The van der Waals surface area contributed by atoms with Gasteiger partial charge in [0, 0.05) is 23.7 Å². The van der Waals surface area contributed by atoms with Crippen LogP contribution in [0.15, 0.2) is 48.5 Å². The molecule has 1 saturated heterocycles. The number of ether oxygens (including phenoxy) is 1. The van der Waals surface area contributed by atoms with Crippen LogP contribution in [0.5, 0.6) is 5.75 Å². The highest BCUT2D eigenvalue weighted by Crippen LogP contribution is 2.26. The van der Waals surface area contributed by atoms with Crippen LogP contribution in [0.2, 0.25) is 5.02 Å². The number of carbonyl (C=O) groups excluding carboxylic acids is 2. The Balaban J connectivity index is 1.66. The number of hydrogen-bond donors (Lipinski definition) is 1. The molecule has 0 aromatic heterocycles. The van der Waals surface area contributed by atoms with E-state index in [1.54, 1.807) is 6.07 Å². The summed E-state index contributed by atoms with van der Waals surface area (Å²) < 4.78 is 29.9. The van der Waals surface area contributed by atoms with Gasteiger partial charge in [0.2, 0.25) is 5.91 Å². The largest absolute Gasteiger partial charge is 0.434 e. The van der Waals surface area contributed by atoms with Crippen LogP contribution in [-0.2, 0) is 11.2 Å². The summed E-state index contributed by atoms with van der Waals surface area (Å²) in [5.41, 5.74) is 0.468. The van der Waals surface area contributed by atoms with Crippen LogP contribution >= 0.6 is 11.6 Å². The predicted octanol–water partition coefficient (Wildman–Crippen LogP) is 4.93. The molecule has 1 aliphatic rings. The summed E-state index contributed by atoms with van der Waals surface area (Å²) in [7, 11) is 0. The molecule has 0 radical (unpaired) electrons. The third kappa shape index (κ3) is 6.19. The summed E-state index contributed by atoms with van der Waals surface area (Å²) in [5.74, 6) is -1.12. The summed E-state index contributed by atoms with van der Waals surface area (Å²) in [6.45, 7) is 1.50. The first kappa shape index (κ1) is 24.0. The van der Waals surface area contributed by atoms with Crippen LogP contribution in [0.3, 0.4) is 0 Å². The molecule has 2 aromatic rings. The molecule has 0 spiro atoms. The van der Waals surface area contributed by atoms with Crippen LogP contribution in [0, 0.1) is 5.92 Å². The lowest BCUT2D eigenvalue weighted by Crippen LogP contribution is -2.51. The molecule has 1 N–H and O–H groups in total. The van der Waals surface area contributed by atoms with Crippen LogP contribution in [-0.4, -0.2) is 42.0 Å². The van der Waals surface area contributed by atoms with Crippen LogP contribution in [0.1, 0.15) is 42.6 Å². The van der Waals surface area contributed by atoms with Crippen molar-refractivity contribution in [2.24, 2.45) is 5.92 Å². The molecule has 1 fully saturated rings. The van der Waals surface area contributed by atoms with Gasteiger partial charge in [-0.25, -0.2) is 0 Å². The Bertz CT molecular complexity index is 968. The van der Waals surface area contributed by atoms with Gasteiger partial charge in [0.1, 0.15) is 5.75 Å². The Kier molecular flexibility index (Phi) is 7.72. The maximum Gasteiger partial charge on any atom is 0.387 e. The molecule has 1 aliphatic heterocycles. The Morgan fingerprint density at radius 2 is 1.88 bits per heavy atom. The zero-order valence-electron chi connectivity index (χ0n) is 18.1. The molecule has 3 rings (SSSR count). The van der Waals surface area contributed by atoms with Crippen molar-refractivity contribution in [1.82, 2.24) is 10.2 Å². The van der Waals surface area contributed by atoms with Gasteiger partial charge in [0.25, 0.3) is 5.91 Å². The SMILES string of the molecule is CC(C)(Cc1ccccc1Cl)NC(=O)C1CCCN(C(=O)c2ccccc2OC(F)F)C1. The first-order chi connectivity index (χ1) is 15.2. The van der Waals surface area contributed by atoms with Gasteiger partial charge in [-0.2, -0.15) is 8.78 Å². The number of nitrogens with one attached hydrogen (secondary N) is 1. The van der Waals surface area contributed by atoms with Gasteiger partial charge in [-0.3, -0.25) is 9.59 Å². The summed E-state index contributed by atoms with van der Waals surface area (Å²) in [6, 6.07) is 13.4. The molecule has 2 amide bonds. The van der Waals surface area contributed by atoms with Crippen molar-refractivity contribution in [3.63, 3.8) is 0 Å². The van der Waals surface area contributed by atoms with E-state index >= 15 is 0 Å². The van der Waals surface area contributed by atoms with E-state index in [-0.39, 0.29) is 29.7 Å². The number of alkyl halides is 2. The zero-order valence-corrected chi connectivity index (χ0v) is 18.9. The number of para-hydroxylation sites is 1. The standard InChI is InChI=1S/C24H27ClF2N2O3/c1-24(2,14-16-8-3-5-11-19(16)25)28-21(30)17-9-7-13-29(15-17)22(31)18-10-4-6-12-20(18)32-23(26)27/h3-6,8,10-12,17,23H,7,9,13-15H2,1-2H3,(H,28,30). The Hall–Kier alpha value is -2.67. The van der Waals surface area contributed by atoms with Crippen molar-refractivity contribution >= 4 is 23.4 Å². The quantitative estimate of drug-likeness (QED) is 0.632. The smallest absolute Gasteiger partial charge is 0.387 e. The van der Waals surface area contributed by atoms with Gasteiger partial charge in [-0.1, -0.05) is 41.9 Å². The van der Waals surface area contributed by atoms with Crippen molar-refractivity contribution in [3.05, 3.63) is 64.7 Å². The fraction of sp³-hybridized carbons (Fsp3) is 0.417. The molecule has 172 valence electrons. The lowest BCUT2D eigenvalue weighted by atomic mass is 9.91. The van der Waals surface area contributed by atoms with Gasteiger partial charge < -0.3 is 15.0 Å². The molecule has 5 nitrogen and oxygen atoms in total. The van der Waals surface area contributed by atoms with E-state index in [1.807, 2.05) is 38.1 Å². The van der Waals surface area contributed by atoms with E-state index in [2.05, 4.69) is 10.1 Å². The molecule has 0 bridgehead atoms. The number of likely N-dealkylation sites (tertiary alicyclic amines) is 1. The van der Waals surface area contributed by atoms with Crippen molar-refractivity contribution in [2.45, 2.75) is 45.3 Å². The highest BCUT2D eigenvalue weighted by molar-refractivity contribution is 6.31. The molecular weight excluding hydrogens is 438 g/mol. The van der Waals surface area contributed by atoms with Crippen LogP contribution in [0.25, 0.3) is 0 Å². The number of benzene rings is 2. The topological polar surface area (TPSA) is 58.6 Å². The number of halogens is 3. The fourth-order valence-electron chi connectivity index (χ4n) is 3.99. The Morgan fingerprint density at radius 1 is 1.19 bits per heavy atom. The molecule has 0 saturated carbocycles. The number of hydrogen-bond acceptors (Lipinski definition) is 3. The van der Waals surface area contributed by atoms with Crippen molar-refractivity contribution in [2.75, 3.05) is 13.1 Å². The second-order valence-electron chi connectivity index (χ2n) is 8.61. The number of piperidine rings is 1. The molecule has 8 heteroatoms. The minimum absolute atomic E-state index is 0.0629. The van der Waals surface area contributed by atoms with Crippen molar-refractivity contribution < 1.29 is 23.1 Å². The third-order valence-electron chi connectivity index (χ3n) is 5.46. The van der Waals surface area contributed by atoms with E-state index in [9.17, 15) is 18.4 Å². The van der Waals surface area contributed by atoms with Crippen LogP contribution < -0.4 is 10.1 Å². The van der Waals surface area contributed by atoms with Gasteiger partial charge in [0.05, 0.1) is 11.5 Å². The minimum Gasteiger partial charge on any atom is -0.434 e. The average molecular weight is 465 g/mol. The second kappa shape index (κ2) is 10.3. The summed E-state index contributed by atoms with van der Waals surface area (Å²) in [4.78, 5) is 27.5. The lowest BCUT2D eigenvalue weighted by Gasteiger charge is -2.35. The van der Waals surface area contributed by atoms with Gasteiger partial charge in [-0.15, -0.1) is 0 Å². The molecule has 32 heavy (non-hydrogen) atoms. The first-order valence-corrected chi connectivity index (χ1v) is 10.9. The third-order valence-corrected chi connectivity index (χ3v) is 5.83. The minimum atomic E-state index is -3.02. The summed E-state index contributed by atoms with van der Waals surface area (Å²) in [5, 5.41) is 3.73. The van der Waals surface area contributed by atoms with Crippen molar-refractivity contribution in [1.29, 1.82) is 0 Å². The summed E-state index contributed by atoms with van der Waals surface area (Å²) in [6.07, 6.45) is 1.85. The normalized spacial score (nSPS) is 16.7. The van der Waals surface area contributed by atoms with E-state index in [0.717, 1.165) is 5.56 Å². The molecule has 1 atom stereocenters. The summed E-state index contributed by atoms with van der Waals surface area (Å²) >= 11 is 6.26. The maximum atomic E-state index is 13.0. The highest BCUT2D eigenvalue weighted by Gasteiger charge is 2.33.